The van der Waals surface area contributed by atoms with Crippen LogP contribution in [-0.2, 0) is 19.1 Å². The molecule has 6 heteroatoms. The Hall–Kier alpha value is -0.360. The maximum absolute atomic E-state index is 11.6. The smallest absolute Gasteiger partial charge is 0.311 e. The van der Waals surface area contributed by atoms with E-state index in [1.165, 1.54) is 32.0 Å². The van der Waals surface area contributed by atoms with E-state index in [0.717, 1.165) is 37.2 Å². The van der Waals surface area contributed by atoms with Gasteiger partial charge >= 0.3 is 11.9 Å². The van der Waals surface area contributed by atoms with Crippen LogP contribution in [0.25, 0.3) is 0 Å². The number of carbonyl (C=O) groups is 2. The lowest BCUT2D eigenvalue weighted by atomic mass is 9.88. The molecule has 0 aliphatic heterocycles. The Morgan fingerprint density at radius 2 is 1.32 bits per heavy atom. The van der Waals surface area contributed by atoms with Crippen molar-refractivity contribution in [1.82, 2.24) is 0 Å². The number of ether oxygens (including phenoxy) is 2. The van der Waals surface area contributed by atoms with Gasteiger partial charge in [-0.2, -0.15) is 23.5 Å². The molecule has 0 N–H and O–H groups in total. The van der Waals surface area contributed by atoms with Crippen molar-refractivity contribution in [3.8, 4) is 0 Å². The van der Waals surface area contributed by atoms with E-state index >= 15 is 0 Å². The molecule has 0 atom stereocenters. The second kappa shape index (κ2) is 12.9. The average Bonchev–Trinajstić information content (AvgIpc) is 2.50. The molecule has 0 amide bonds. The van der Waals surface area contributed by atoms with Crippen LogP contribution in [0, 0.1) is 5.41 Å². The molecule has 0 aromatic rings. The minimum atomic E-state index is -0.370. The molecule has 0 aliphatic carbocycles. The van der Waals surface area contributed by atoms with Crippen LogP contribution in [0.3, 0.4) is 0 Å². The summed E-state index contributed by atoms with van der Waals surface area (Å²) in [7, 11) is 1.45. The molecule has 0 bridgehead atoms. The molecular weight excluding hydrogens is 356 g/mol. The summed E-state index contributed by atoms with van der Waals surface area (Å²) in [6.07, 6.45) is 5.11. The van der Waals surface area contributed by atoms with Gasteiger partial charge in [-0.25, -0.2) is 0 Å². The largest absolute Gasteiger partial charge is 0.469 e. The van der Waals surface area contributed by atoms with Gasteiger partial charge in [-0.05, 0) is 82.8 Å². The highest BCUT2D eigenvalue weighted by Crippen LogP contribution is 2.25. The number of rotatable bonds is 14. The lowest BCUT2D eigenvalue weighted by Gasteiger charge is -2.24. The maximum Gasteiger partial charge on any atom is 0.311 e. The lowest BCUT2D eigenvalue weighted by molar-refractivity contribution is -0.154. The third kappa shape index (κ3) is 13.5. The zero-order valence-electron chi connectivity index (χ0n) is 16.8. The number of thioether (sulfide) groups is 2. The first kappa shape index (κ1) is 24.6. The zero-order chi connectivity index (χ0) is 19.3. The highest BCUT2D eigenvalue weighted by Gasteiger charge is 2.27. The predicted octanol–water partition coefficient (Wildman–Crippen LogP) is 4.94. The number of esters is 2. The van der Waals surface area contributed by atoms with E-state index in [2.05, 4.69) is 0 Å². The van der Waals surface area contributed by atoms with Crippen LogP contribution in [-0.4, -0.2) is 47.7 Å². The van der Waals surface area contributed by atoms with Gasteiger partial charge in [0.2, 0.25) is 0 Å². The number of methoxy groups -OCH3 is 1. The fraction of sp³-hybridized carbons (Fsp3) is 0.895. The molecule has 0 aliphatic rings. The molecule has 0 spiro atoms. The normalized spacial score (nSPS) is 12.1. The van der Waals surface area contributed by atoms with E-state index < -0.39 is 0 Å². The second-order valence-corrected chi connectivity index (χ2v) is 9.96. The quantitative estimate of drug-likeness (QED) is 0.308. The summed E-state index contributed by atoms with van der Waals surface area (Å²) in [5.41, 5.74) is -0.717. The SMILES string of the molecule is COC(=O)C(C)(C)CCCSCCCSCCCC(C)(C)OC(C)=O. The van der Waals surface area contributed by atoms with Gasteiger partial charge in [-0.15, -0.1) is 0 Å². The van der Waals surface area contributed by atoms with Crippen molar-refractivity contribution in [3.63, 3.8) is 0 Å². The van der Waals surface area contributed by atoms with Crippen molar-refractivity contribution in [1.29, 1.82) is 0 Å². The number of hydrogen-bond donors (Lipinski definition) is 0. The van der Waals surface area contributed by atoms with Gasteiger partial charge in [0.1, 0.15) is 5.60 Å². The summed E-state index contributed by atoms with van der Waals surface area (Å²) in [6.45, 7) is 9.30. The highest BCUT2D eigenvalue weighted by molar-refractivity contribution is 8.00. The molecule has 0 saturated carbocycles. The standard InChI is InChI=1S/C19H36O4S2/c1-16(20)23-19(4,5)11-8-13-25-15-9-14-24-12-7-10-18(2,3)17(21)22-6/h7-15H2,1-6H3. The summed E-state index contributed by atoms with van der Waals surface area (Å²) in [4.78, 5) is 22.6. The fourth-order valence-corrected chi connectivity index (χ4v) is 4.49. The van der Waals surface area contributed by atoms with Crippen LogP contribution in [0.1, 0.15) is 66.7 Å². The van der Waals surface area contributed by atoms with Crippen molar-refractivity contribution in [2.45, 2.75) is 72.3 Å². The molecule has 0 radical (unpaired) electrons. The highest BCUT2D eigenvalue weighted by atomic mass is 32.2. The van der Waals surface area contributed by atoms with Gasteiger partial charge in [0.25, 0.3) is 0 Å². The molecule has 0 heterocycles. The first-order chi connectivity index (χ1) is 11.6. The van der Waals surface area contributed by atoms with Gasteiger partial charge in [0, 0.05) is 6.92 Å². The maximum atomic E-state index is 11.6. The summed E-state index contributed by atoms with van der Waals surface area (Å²) >= 11 is 3.94. The van der Waals surface area contributed by atoms with Gasteiger partial charge in [-0.3, -0.25) is 9.59 Å². The van der Waals surface area contributed by atoms with Crippen molar-refractivity contribution < 1.29 is 19.1 Å². The molecule has 25 heavy (non-hydrogen) atoms. The van der Waals surface area contributed by atoms with Crippen molar-refractivity contribution in [2.24, 2.45) is 5.41 Å². The van der Waals surface area contributed by atoms with Crippen molar-refractivity contribution in [2.75, 3.05) is 30.1 Å². The molecule has 0 unspecified atom stereocenters. The topological polar surface area (TPSA) is 52.6 Å². The van der Waals surface area contributed by atoms with Crippen LogP contribution < -0.4 is 0 Å². The summed E-state index contributed by atoms with van der Waals surface area (Å²) in [5, 5.41) is 0. The molecule has 4 nitrogen and oxygen atoms in total. The van der Waals surface area contributed by atoms with Gasteiger partial charge < -0.3 is 9.47 Å². The number of hydrogen-bond acceptors (Lipinski definition) is 6. The second-order valence-electron chi connectivity index (χ2n) is 7.51. The Kier molecular flexibility index (Phi) is 12.7. The molecule has 0 aromatic heterocycles. The minimum Gasteiger partial charge on any atom is -0.469 e. The van der Waals surface area contributed by atoms with Crippen molar-refractivity contribution >= 4 is 35.5 Å². The summed E-state index contributed by atoms with van der Waals surface area (Å²) < 4.78 is 10.1. The zero-order valence-corrected chi connectivity index (χ0v) is 18.4. The molecule has 0 aromatic carbocycles. The molecular formula is C19H36O4S2. The Bertz CT molecular complexity index is 395. The van der Waals surface area contributed by atoms with E-state index in [0.29, 0.717) is 0 Å². The van der Waals surface area contributed by atoms with E-state index in [4.69, 9.17) is 9.47 Å². The Morgan fingerprint density at radius 3 is 1.80 bits per heavy atom. The minimum absolute atomic E-state index is 0.120. The first-order valence-corrected chi connectivity index (χ1v) is 11.4. The molecule has 0 saturated heterocycles. The molecule has 0 fully saturated rings. The van der Waals surface area contributed by atoms with Crippen LogP contribution in [0.5, 0.6) is 0 Å². The Labute approximate surface area is 162 Å². The van der Waals surface area contributed by atoms with Crippen LogP contribution in [0.4, 0.5) is 0 Å². The third-order valence-corrected chi connectivity index (χ3v) is 6.20. The Morgan fingerprint density at radius 1 is 0.840 bits per heavy atom. The monoisotopic (exact) mass is 392 g/mol. The van der Waals surface area contributed by atoms with Gasteiger partial charge in [0.15, 0.2) is 0 Å². The lowest BCUT2D eigenvalue weighted by Crippen LogP contribution is -2.26. The summed E-state index contributed by atoms with van der Waals surface area (Å²) in [5.74, 6) is 4.24. The van der Waals surface area contributed by atoms with Crippen LogP contribution in [0.2, 0.25) is 0 Å². The van der Waals surface area contributed by atoms with E-state index in [1.807, 2.05) is 51.2 Å². The van der Waals surface area contributed by atoms with E-state index in [-0.39, 0.29) is 23.0 Å². The third-order valence-electron chi connectivity index (χ3n) is 3.89. The van der Waals surface area contributed by atoms with Crippen LogP contribution in [0.15, 0.2) is 0 Å². The van der Waals surface area contributed by atoms with Crippen LogP contribution >= 0.6 is 23.5 Å². The average molecular weight is 393 g/mol. The molecule has 148 valence electrons. The summed E-state index contributed by atoms with van der Waals surface area (Å²) in [6, 6.07) is 0. The Balaban J connectivity index is 3.48. The van der Waals surface area contributed by atoms with E-state index in [1.54, 1.807) is 0 Å². The first-order valence-electron chi connectivity index (χ1n) is 9.04. The number of carbonyl (C=O) groups excluding carboxylic acids is 2. The fourth-order valence-electron chi connectivity index (χ4n) is 2.50. The van der Waals surface area contributed by atoms with Crippen molar-refractivity contribution in [3.05, 3.63) is 0 Å². The molecule has 0 rings (SSSR count). The van der Waals surface area contributed by atoms with Gasteiger partial charge in [-0.1, -0.05) is 0 Å². The van der Waals surface area contributed by atoms with E-state index in [9.17, 15) is 9.59 Å². The van der Waals surface area contributed by atoms with Gasteiger partial charge in [0.05, 0.1) is 12.5 Å². The predicted molar refractivity (Wildman–Crippen MR) is 109 cm³/mol.